The fourth-order valence-electron chi connectivity index (χ4n) is 0. The van der Waals surface area contributed by atoms with E-state index in [1.807, 2.05) is 0 Å². The maximum Gasteiger partial charge on any atom is 0 e. The van der Waals surface area contributed by atoms with Gasteiger partial charge in [-0.3, -0.25) is 0 Å². The Morgan fingerprint density at radius 3 is 0.429 bits per heavy atom. The van der Waals surface area contributed by atoms with Crippen LogP contribution in [0.15, 0.2) is 0 Å². The molecule has 0 aliphatic rings. The van der Waals surface area contributed by atoms with Gasteiger partial charge in [-0.05, 0) is 0 Å². The molecule has 53 valence electrons. The van der Waals surface area contributed by atoms with Gasteiger partial charge in [0.05, 0.1) is 0 Å². The minimum absolute atomic E-state index is 0. The van der Waals surface area contributed by atoms with Gasteiger partial charge in [0, 0.05) is 9.90 Å². The molecule has 0 unspecified atom stereocenters. The van der Waals surface area contributed by atoms with Crippen molar-refractivity contribution in [2.24, 2.45) is 0 Å². The Morgan fingerprint density at radius 2 is 0.429 bits per heavy atom. The molecule has 0 aromatic carbocycles. The first kappa shape index (κ1) is 99.1. The first-order valence-electron chi connectivity index (χ1n) is 0. The fraction of sp³-hybridized carbons (Fsp3) is 0. The normalized spacial score (nSPS) is 0. The van der Waals surface area contributed by atoms with Gasteiger partial charge in [0.1, 0.15) is 0 Å². The Kier molecular flexibility index (Phi) is 987. The summed E-state index contributed by atoms with van der Waals surface area (Å²) in [7, 11) is 0. The first-order valence-corrected chi connectivity index (χ1v) is 0. The third-order valence-corrected chi connectivity index (χ3v) is 0. The van der Waals surface area contributed by atoms with Gasteiger partial charge in [-0.15, -0.1) is 88.2 Å². The molecular weight excluding hydrogens is 377 g/mol. The van der Waals surface area contributed by atoms with Crippen LogP contribution in [-0.2, 0) is 0 Å². The van der Waals surface area contributed by atoms with Gasteiger partial charge in [-0.1, -0.05) is 0 Å². The van der Waals surface area contributed by atoms with Crippen molar-refractivity contribution in [1.82, 2.24) is 0 Å². The van der Waals surface area contributed by atoms with Gasteiger partial charge in [-0.25, -0.2) is 0 Å². The molecule has 0 aromatic heterocycles. The number of rotatable bonds is 0. The quantitative estimate of drug-likeness (QED) is 0.558. The molecule has 0 aliphatic carbocycles. The van der Waals surface area contributed by atoms with Crippen LogP contribution < -0.4 is 0 Å². The number of hydrogen-bond donors (Lipinski definition) is 0. The average Bonchev–Trinajstić information content (AvgIpc) is 0. The van der Waals surface area contributed by atoms with Crippen molar-refractivity contribution < 1.29 is 0 Å². The molecule has 0 rings (SSSR count). The topological polar surface area (TPSA) is 0 Å². The smallest absolute Gasteiger partial charge is 0 e. The Balaban J connectivity index is 0. The Hall–Kier alpha value is 2.74. The summed E-state index contributed by atoms with van der Waals surface area (Å²) in [6.07, 6.45) is 0. The molecule has 0 amide bonds. The van der Waals surface area contributed by atoms with Gasteiger partial charge in [0.15, 0.2) is 0 Å². The van der Waals surface area contributed by atoms with Crippen LogP contribution in [0.3, 0.4) is 0 Å². The van der Waals surface area contributed by atoms with E-state index in [2.05, 4.69) is 0 Å². The lowest BCUT2D eigenvalue weighted by atomic mass is 31.0. The van der Waals surface area contributed by atoms with Crippen LogP contribution in [0.1, 0.15) is 0 Å². The van der Waals surface area contributed by atoms with E-state index in [-0.39, 0.29) is 98.1 Å². The molecule has 0 saturated heterocycles. The van der Waals surface area contributed by atoms with Crippen LogP contribution in [0.5, 0.6) is 0 Å². The van der Waals surface area contributed by atoms with E-state index < -0.39 is 0 Å². The lowest BCUT2D eigenvalue weighted by Gasteiger charge is -0.148. The van der Waals surface area contributed by atoms with Crippen molar-refractivity contribution in [1.29, 1.82) is 0 Å². The van der Waals surface area contributed by atoms with Crippen LogP contribution in [0.25, 0.3) is 0 Å². The molecule has 0 aliphatic heterocycles. The fourth-order valence-corrected chi connectivity index (χ4v) is 0. The van der Waals surface area contributed by atoms with E-state index in [0.717, 1.165) is 0 Å². The third-order valence-electron chi connectivity index (χ3n) is 0. The second kappa shape index (κ2) is 69.7. The van der Waals surface area contributed by atoms with E-state index in [0.29, 0.717) is 0 Å². The average molecular weight is 383 g/mol. The Labute approximate surface area is 97.1 Å². The summed E-state index contributed by atoms with van der Waals surface area (Å²) in [5.41, 5.74) is 0. The van der Waals surface area contributed by atoms with Crippen LogP contribution in [0.4, 0.5) is 0 Å². The molecule has 0 heterocycles. The molecule has 0 fully saturated rings. The number of hydrogen-bond acceptors (Lipinski definition) is 0. The van der Waals surface area contributed by atoms with Crippen LogP contribution in [0.2, 0.25) is 0 Å². The van der Waals surface area contributed by atoms with Crippen molar-refractivity contribution in [2.45, 2.75) is 0 Å². The monoisotopic (exact) mass is 379 g/mol. The van der Waals surface area contributed by atoms with Gasteiger partial charge in [0.25, 0.3) is 0 Å². The summed E-state index contributed by atoms with van der Waals surface area (Å²) < 4.78 is 0. The molecule has 0 aromatic rings. The summed E-state index contributed by atoms with van der Waals surface area (Å²) in [6, 6.07) is 0. The number of halogens is 6. The molecule has 7 heteroatoms. The maximum atomic E-state index is 0. The molecule has 0 N–H and O–H groups in total. The minimum atomic E-state index is 0. The Bertz CT molecular complexity index is 10.1. The van der Waals surface area contributed by atoms with Crippen molar-refractivity contribution in [3.05, 3.63) is 0 Å². The Morgan fingerprint density at radius 1 is 0.429 bits per heavy atom. The van der Waals surface area contributed by atoms with Crippen molar-refractivity contribution in [3.63, 3.8) is 0 Å². The lowest BCUT2D eigenvalue weighted by Crippen LogP contribution is 0.688. The van der Waals surface area contributed by atoms with Gasteiger partial charge in [0.2, 0.25) is 0 Å². The van der Waals surface area contributed by atoms with Crippen LogP contribution in [-0.4, -0.2) is 0 Å². The van der Waals surface area contributed by atoms with Crippen LogP contribution >= 0.6 is 98.1 Å². The SMILES string of the molecule is Br.Br.Br.Cl.Cl.Cl.[P]. The molecule has 7 heavy (non-hydrogen) atoms. The summed E-state index contributed by atoms with van der Waals surface area (Å²) in [5, 5.41) is 0. The molecule has 0 atom stereocenters. The minimum Gasteiger partial charge on any atom is -0.147 e. The molecule has 0 nitrogen and oxygen atoms in total. The molecule has 0 spiro atoms. The molecular formula is H6Br3Cl3P. The van der Waals surface area contributed by atoms with Gasteiger partial charge < -0.3 is 0 Å². The van der Waals surface area contributed by atoms with Gasteiger partial charge in [-0.2, -0.15) is 0 Å². The predicted octanol–water partition coefficient (Wildman–Crippen LogP) is 3.86. The highest BCUT2D eigenvalue weighted by atomic mass is 79.9. The summed E-state index contributed by atoms with van der Waals surface area (Å²) in [4.78, 5) is 0. The lowest BCUT2D eigenvalue weighted by molar-refractivity contribution is 5.85. The second-order valence-corrected chi connectivity index (χ2v) is 0. The highest BCUT2D eigenvalue weighted by Gasteiger charge is 0.0000488. The van der Waals surface area contributed by atoms with Crippen molar-refractivity contribution in [2.75, 3.05) is 0 Å². The molecule has 0 saturated carbocycles. The van der Waals surface area contributed by atoms with Crippen LogP contribution in [0, 0.1) is 0 Å². The largest absolute Gasteiger partial charge is 0.147 e. The van der Waals surface area contributed by atoms with Crippen molar-refractivity contribution in [3.8, 4) is 0 Å². The zero-order chi connectivity index (χ0) is 0. The van der Waals surface area contributed by atoms with E-state index >= 15 is 0 Å². The third kappa shape index (κ3) is 52.9. The van der Waals surface area contributed by atoms with E-state index in [4.69, 9.17) is 0 Å². The summed E-state index contributed by atoms with van der Waals surface area (Å²) >= 11 is 0. The summed E-state index contributed by atoms with van der Waals surface area (Å²) in [6.45, 7) is 0. The maximum absolute atomic E-state index is 0. The highest BCUT2D eigenvalue weighted by Crippen LogP contribution is 0.861. The van der Waals surface area contributed by atoms with E-state index in [1.54, 1.807) is 0 Å². The van der Waals surface area contributed by atoms with Crippen molar-refractivity contribution >= 4 is 98.1 Å². The van der Waals surface area contributed by atoms with Gasteiger partial charge >= 0.3 is 0 Å². The molecule has 0 bridgehead atoms. The first-order chi connectivity index (χ1) is 0. The standard InChI is InChI=1S/3BrH.3ClH.P/h6*1H;. The summed E-state index contributed by atoms with van der Waals surface area (Å²) in [5.74, 6) is 0. The zero-order valence-corrected chi connectivity index (χ0v) is 11.4. The second-order valence-electron chi connectivity index (χ2n) is 0. The zero-order valence-electron chi connectivity index (χ0n) is 2.90. The van der Waals surface area contributed by atoms with E-state index in [9.17, 15) is 0 Å². The van der Waals surface area contributed by atoms with E-state index in [1.165, 1.54) is 0 Å². The molecule has 3 radical (unpaired) electrons. The highest BCUT2D eigenvalue weighted by molar-refractivity contribution is 8.93. The predicted molar refractivity (Wildman–Crippen MR) is 59.6 cm³/mol.